The quantitative estimate of drug-likeness (QED) is 0.290. The molecule has 0 bridgehead atoms. The van der Waals surface area contributed by atoms with Crippen molar-refractivity contribution < 1.29 is 24.1 Å². The summed E-state index contributed by atoms with van der Waals surface area (Å²) in [5.41, 5.74) is 3.76. The molecule has 1 aromatic carbocycles. The molecule has 0 unspecified atom stereocenters. The third-order valence-electron chi connectivity index (χ3n) is 7.76. The smallest absolute Gasteiger partial charge is 0.277 e. The van der Waals surface area contributed by atoms with E-state index in [0.29, 0.717) is 12.3 Å². The van der Waals surface area contributed by atoms with Gasteiger partial charge >= 0.3 is 0 Å². The fraction of sp³-hybridized carbons (Fsp3) is 0.562. The van der Waals surface area contributed by atoms with Crippen molar-refractivity contribution in [2.45, 2.75) is 89.4 Å². The van der Waals surface area contributed by atoms with E-state index in [1.54, 1.807) is 0 Å². The molecular formula is C32H43N3O5. The van der Waals surface area contributed by atoms with Crippen molar-refractivity contribution in [3.63, 3.8) is 0 Å². The maximum absolute atomic E-state index is 12.8. The van der Waals surface area contributed by atoms with E-state index in [2.05, 4.69) is 43.4 Å². The highest BCUT2D eigenvalue weighted by Crippen LogP contribution is 2.48. The number of nitrogens with one attached hydrogen (secondary N) is 2. The van der Waals surface area contributed by atoms with E-state index < -0.39 is 24.3 Å². The van der Waals surface area contributed by atoms with E-state index >= 15 is 0 Å². The first-order chi connectivity index (χ1) is 19.0. The van der Waals surface area contributed by atoms with Gasteiger partial charge in [0.2, 0.25) is 12.2 Å². The summed E-state index contributed by atoms with van der Waals surface area (Å²) in [6.07, 6.45) is 10.8. The first-order valence-electron chi connectivity index (χ1n) is 14.1. The van der Waals surface area contributed by atoms with Gasteiger partial charge in [-0.25, -0.2) is 4.98 Å². The van der Waals surface area contributed by atoms with E-state index in [4.69, 9.17) is 25.6 Å². The number of methoxy groups -OCH3 is 2. The van der Waals surface area contributed by atoms with Crippen LogP contribution in [0.3, 0.4) is 0 Å². The number of aliphatic hydroxyl groups is 1. The molecule has 4 rings (SSSR count). The monoisotopic (exact) mass is 549 g/mol. The van der Waals surface area contributed by atoms with Crippen molar-refractivity contribution in [1.82, 2.24) is 15.6 Å². The van der Waals surface area contributed by atoms with Crippen molar-refractivity contribution in [3.8, 4) is 18.2 Å². The number of hydrogen-bond acceptors (Lipinski definition) is 7. The average molecular weight is 550 g/mol. The molecule has 3 N–H and O–H groups in total. The molecular weight excluding hydrogens is 506 g/mol. The van der Waals surface area contributed by atoms with Crippen LogP contribution in [0.25, 0.3) is 0 Å². The second-order valence-electron chi connectivity index (χ2n) is 12.3. The minimum atomic E-state index is -1.08. The van der Waals surface area contributed by atoms with Crippen LogP contribution in [0.1, 0.15) is 74.8 Å². The Bertz CT molecular complexity index is 1210. The van der Waals surface area contributed by atoms with Crippen molar-refractivity contribution in [2.24, 2.45) is 5.41 Å². The lowest BCUT2D eigenvalue weighted by molar-refractivity contribution is -0.160. The summed E-state index contributed by atoms with van der Waals surface area (Å²) in [5, 5.41) is 17.9. The van der Waals surface area contributed by atoms with Gasteiger partial charge in [0.25, 0.3) is 5.91 Å². The van der Waals surface area contributed by atoms with E-state index in [9.17, 15) is 9.90 Å². The number of aliphatic hydroxyl groups excluding tert-OH is 1. The lowest BCUT2D eigenvalue weighted by atomic mass is 9.73. The van der Waals surface area contributed by atoms with Crippen molar-refractivity contribution in [1.29, 1.82) is 0 Å². The molecule has 0 radical (unpaired) electrons. The number of terminal acetylenes is 1. The zero-order valence-corrected chi connectivity index (χ0v) is 24.3. The van der Waals surface area contributed by atoms with Gasteiger partial charge in [-0.15, -0.1) is 6.42 Å². The molecule has 1 amide bonds. The van der Waals surface area contributed by atoms with Crippen molar-refractivity contribution in [2.75, 3.05) is 20.8 Å². The Morgan fingerprint density at radius 1 is 1.25 bits per heavy atom. The molecule has 40 heavy (non-hydrogen) atoms. The van der Waals surface area contributed by atoms with Gasteiger partial charge in [0, 0.05) is 50.6 Å². The maximum atomic E-state index is 12.8. The second kappa shape index (κ2) is 12.7. The molecule has 8 heteroatoms. The Kier molecular flexibility index (Phi) is 9.52. The van der Waals surface area contributed by atoms with Gasteiger partial charge in [-0.1, -0.05) is 38.8 Å². The second-order valence-corrected chi connectivity index (χ2v) is 12.3. The highest BCUT2D eigenvalue weighted by Gasteiger charge is 2.46. The van der Waals surface area contributed by atoms with E-state index in [1.165, 1.54) is 14.2 Å². The number of fused-ring (bicyclic) bond motifs is 1. The summed E-state index contributed by atoms with van der Waals surface area (Å²) in [4.78, 5) is 17.6. The number of benzene rings is 1. The number of pyridine rings is 1. The Morgan fingerprint density at radius 2 is 2.00 bits per heavy atom. The number of aromatic nitrogens is 1. The van der Waals surface area contributed by atoms with Gasteiger partial charge < -0.3 is 30.0 Å². The van der Waals surface area contributed by atoms with Crippen molar-refractivity contribution in [3.05, 3.63) is 58.8 Å². The summed E-state index contributed by atoms with van der Waals surface area (Å²) in [6.45, 7) is 6.89. The molecule has 1 aliphatic heterocycles. The third kappa shape index (κ3) is 7.41. The van der Waals surface area contributed by atoms with Gasteiger partial charge in [-0.05, 0) is 66.8 Å². The number of ether oxygens (including phenoxy) is 3. The topological polar surface area (TPSA) is 102 Å². The van der Waals surface area contributed by atoms with Crippen LogP contribution in [0.15, 0.2) is 36.5 Å². The third-order valence-corrected chi connectivity index (χ3v) is 7.76. The Labute approximate surface area is 238 Å². The summed E-state index contributed by atoms with van der Waals surface area (Å²) >= 11 is 0. The molecule has 1 saturated carbocycles. The largest absolute Gasteiger partial charge is 0.471 e. The zero-order valence-electron chi connectivity index (χ0n) is 24.3. The maximum Gasteiger partial charge on any atom is 0.277 e. The average Bonchev–Trinajstić information content (AvgIpc) is 2.90. The van der Waals surface area contributed by atoms with Crippen LogP contribution >= 0.6 is 0 Å². The van der Waals surface area contributed by atoms with Gasteiger partial charge in [0.15, 0.2) is 0 Å². The summed E-state index contributed by atoms with van der Waals surface area (Å²) in [5.74, 6) is 2.86. The Morgan fingerprint density at radius 3 is 2.62 bits per heavy atom. The molecule has 1 spiro atoms. The standard InChI is InChI=1S/C32H43N3O5/c1-7-21-10-8-11-22(14-21)16-25(35-28(37)30(38-5)39-6)27(36)20-33-26-18-32(12-9-13-32)40-29-24(26)15-23(19-34-29)17-31(2,3)4/h1,8,10-11,14-15,19,25-27,30,33,36H,9,12-13,16-18,20H2,2-6H3,(H,35,37)/t25-,26-,27-/m0/s1. The summed E-state index contributed by atoms with van der Waals surface area (Å²) in [7, 11) is 2.80. The fourth-order valence-corrected chi connectivity index (χ4v) is 5.64. The lowest BCUT2D eigenvalue weighted by Crippen LogP contribution is -2.53. The Hall–Kier alpha value is -2.96. The molecule has 216 valence electrons. The van der Waals surface area contributed by atoms with Gasteiger partial charge in [0.1, 0.15) is 5.60 Å². The first kappa shape index (κ1) is 30.0. The minimum Gasteiger partial charge on any atom is -0.471 e. The number of amides is 1. The van der Waals surface area contributed by atoms with Crippen LogP contribution in [-0.4, -0.2) is 60.8 Å². The predicted molar refractivity (Wildman–Crippen MR) is 154 cm³/mol. The highest BCUT2D eigenvalue weighted by atomic mass is 16.7. The van der Waals surface area contributed by atoms with Crippen LogP contribution in [0.5, 0.6) is 5.88 Å². The molecule has 2 aliphatic rings. The molecule has 1 aromatic heterocycles. The highest BCUT2D eigenvalue weighted by molar-refractivity contribution is 5.79. The number of rotatable bonds is 11. The number of hydrogen-bond donors (Lipinski definition) is 3. The van der Waals surface area contributed by atoms with Gasteiger partial charge in [0.05, 0.1) is 12.1 Å². The number of carbonyl (C=O) groups is 1. The molecule has 3 atom stereocenters. The molecule has 1 aliphatic carbocycles. The van der Waals surface area contributed by atoms with E-state index in [1.807, 2.05) is 30.5 Å². The molecule has 2 heterocycles. The Balaban J connectivity index is 1.53. The molecule has 1 fully saturated rings. The van der Waals surface area contributed by atoms with Crippen LogP contribution in [0.4, 0.5) is 0 Å². The molecule has 0 saturated heterocycles. The zero-order chi connectivity index (χ0) is 28.9. The van der Waals surface area contributed by atoms with Gasteiger partial charge in [-0.2, -0.15) is 0 Å². The fourth-order valence-electron chi connectivity index (χ4n) is 5.64. The van der Waals surface area contributed by atoms with Crippen LogP contribution in [-0.2, 0) is 27.1 Å². The summed E-state index contributed by atoms with van der Waals surface area (Å²) < 4.78 is 16.7. The predicted octanol–water partition coefficient (Wildman–Crippen LogP) is 3.69. The van der Waals surface area contributed by atoms with Crippen LogP contribution < -0.4 is 15.4 Å². The normalized spacial score (nSPS) is 19.2. The van der Waals surface area contributed by atoms with Gasteiger partial charge in [-0.3, -0.25) is 4.79 Å². The molecule has 2 aromatic rings. The summed E-state index contributed by atoms with van der Waals surface area (Å²) in [6, 6.07) is 9.10. The van der Waals surface area contributed by atoms with E-state index in [-0.39, 0.29) is 23.6 Å². The van der Waals surface area contributed by atoms with Crippen molar-refractivity contribution >= 4 is 5.91 Å². The first-order valence-corrected chi connectivity index (χ1v) is 14.1. The lowest BCUT2D eigenvalue weighted by Gasteiger charge is -2.47. The number of carbonyl (C=O) groups excluding carboxylic acids is 1. The molecule has 8 nitrogen and oxygen atoms in total. The SMILES string of the molecule is C#Cc1cccc(C[C@H](NC(=O)C(OC)OC)[C@@H](O)CN[C@H]2CC3(CCC3)Oc3ncc(CC(C)(C)C)cc32)c1. The van der Waals surface area contributed by atoms with Crippen LogP contribution in [0.2, 0.25) is 0 Å². The van der Waals surface area contributed by atoms with E-state index in [0.717, 1.165) is 54.4 Å². The minimum absolute atomic E-state index is 0.0297. The van der Waals surface area contributed by atoms with Crippen LogP contribution in [0, 0.1) is 17.8 Å². The number of nitrogens with zero attached hydrogens (tertiary/aromatic N) is 1.